The lowest BCUT2D eigenvalue weighted by Gasteiger charge is -2.07. The van der Waals surface area contributed by atoms with Crippen molar-refractivity contribution in [3.63, 3.8) is 0 Å². The van der Waals surface area contributed by atoms with Gasteiger partial charge in [0.25, 0.3) is 0 Å². The number of pyridine rings is 1. The fraction of sp³-hybridized carbons (Fsp3) is 0.318. The van der Waals surface area contributed by atoms with Crippen LogP contribution in [0.1, 0.15) is 30.4 Å². The van der Waals surface area contributed by atoms with Crippen LogP contribution in [0.5, 0.6) is 0 Å². The Morgan fingerprint density at radius 3 is 2.87 bits per heavy atom. The summed E-state index contributed by atoms with van der Waals surface area (Å²) in [6, 6.07) is 10.9. The first-order chi connectivity index (χ1) is 14.9. The first-order valence-electron chi connectivity index (χ1n) is 9.72. The summed E-state index contributed by atoms with van der Waals surface area (Å²) in [4.78, 5) is 21.4. The maximum atomic E-state index is 12.3. The third kappa shape index (κ3) is 6.82. The Hall–Kier alpha value is -2.87. The molecule has 31 heavy (non-hydrogen) atoms. The van der Waals surface area contributed by atoms with E-state index in [2.05, 4.69) is 10.1 Å². The average molecular weight is 452 g/mol. The number of nitrogens with zero attached hydrogens (tertiary/aromatic N) is 3. The Bertz CT molecular complexity index is 1060. The second-order valence-electron chi connectivity index (χ2n) is 6.97. The minimum Gasteiger partial charge on any atom is -0.396 e. The number of ketones is 1. The molecule has 0 saturated carbocycles. The number of benzene rings is 1. The van der Waals surface area contributed by atoms with Crippen LogP contribution in [0.15, 0.2) is 53.9 Å². The van der Waals surface area contributed by atoms with Crippen molar-refractivity contribution in [3.05, 3.63) is 59.9 Å². The van der Waals surface area contributed by atoms with Crippen molar-refractivity contribution in [2.24, 2.45) is 5.16 Å². The molecule has 0 saturated heterocycles. The second-order valence-corrected chi connectivity index (χ2v) is 7.35. The third-order valence-electron chi connectivity index (χ3n) is 4.49. The van der Waals surface area contributed by atoms with E-state index in [0.717, 1.165) is 16.8 Å². The van der Waals surface area contributed by atoms with E-state index in [1.807, 2.05) is 28.8 Å². The number of rotatable bonds is 10. The van der Waals surface area contributed by atoms with Crippen LogP contribution < -0.4 is 0 Å². The molecule has 0 fully saturated rings. The fourth-order valence-electron chi connectivity index (χ4n) is 3.00. The molecule has 0 N–H and O–H groups in total. The number of halogens is 4. The molecule has 9 heteroatoms. The van der Waals surface area contributed by atoms with E-state index in [0.29, 0.717) is 30.1 Å². The molecular weight excluding hydrogens is 431 g/mol. The number of carbonyl (C=O) groups excluding carboxylic acids is 1. The minimum absolute atomic E-state index is 0.0367. The first kappa shape index (κ1) is 22.8. The molecule has 0 spiro atoms. The largest absolute Gasteiger partial charge is 0.396 e. The normalized spacial score (nSPS) is 12.0. The molecule has 5 nitrogen and oxygen atoms in total. The van der Waals surface area contributed by atoms with Gasteiger partial charge in [-0.3, -0.25) is 9.20 Å². The van der Waals surface area contributed by atoms with Crippen molar-refractivity contribution in [1.29, 1.82) is 0 Å². The van der Waals surface area contributed by atoms with Crippen molar-refractivity contribution in [3.8, 4) is 11.3 Å². The van der Waals surface area contributed by atoms with Gasteiger partial charge in [-0.05, 0) is 30.2 Å². The van der Waals surface area contributed by atoms with Gasteiger partial charge in [0, 0.05) is 36.0 Å². The topological polar surface area (TPSA) is 56.0 Å². The van der Waals surface area contributed by atoms with E-state index in [-0.39, 0.29) is 6.42 Å². The second kappa shape index (κ2) is 10.4. The summed E-state index contributed by atoms with van der Waals surface area (Å²) in [5, 5.41) is 3.90. The number of fused-ring (bicyclic) bond motifs is 1. The third-order valence-corrected chi connectivity index (χ3v) is 4.76. The highest BCUT2D eigenvalue weighted by atomic mass is 35.5. The molecule has 3 rings (SSSR count). The average Bonchev–Trinajstić information content (AvgIpc) is 3.15. The predicted molar refractivity (Wildman–Crippen MR) is 114 cm³/mol. The summed E-state index contributed by atoms with van der Waals surface area (Å²) < 4.78 is 38.8. The molecule has 3 aromatic rings. The van der Waals surface area contributed by atoms with Gasteiger partial charge in [0.1, 0.15) is 18.0 Å². The highest BCUT2D eigenvalue weighted by molar-refractivity contribution is 6.17. The predicted octanol–water partition coefficient (Wildman–Crippen LogP) is 5.43. The van der Waals surface area contributed by atoms with Crippen LogP contribution in [0.4, 0.5) is 13.2 Å². The number of imidazole rings is 1. The Balaban J connectivity index is 1.72. The Kier molecular flexibility index (Phi) is 7.68. The van der Waals surface area contributed by atoms with Gasteiger partial charge in [-0.15, -0.1) is 11.6 Å². The van der Waals surface area contributed by atoms with Gasteiger partial charge in [-0.25, -0.2) is 4.98 Å². The van der Waals surface area contributed by atoms with Crippen LogP contribution in [0.25, 0.3) is 16.9 Å². The van der Waals surface area contributed by atoms with Gasteiger partial charge in [0.05, 0.1) is 24.5 Å². The van der Waals surface area contributed by atoms with Gasteiger partial charge in [0.15, 0.2) is 0 Å². The maximum Gasteiger partial charge on any atom is 0.389 e. The quantitative estimate of drug-likeness (QED) is 0.179. The number of alkyl halides is 4. The summed E-state index contributed by atoms with van der Waals surface area (Å²) in [7, 11) is 0. The zero-order valence-electron chi connectivity index (χ0n) is 16.6. The number of hydrogen-bond donors (Lipinski definition) is 0. The molecule has 0 aliphatic rings. The van der Waals surface area contributed by atoms with Crippen molar-refractivity contribution in [2.45, 2.75) is 31.9 Å². The molecule has 1 aromatic carbocycles. The van der Waals surface area contributed by atoms with Crippen molar-refractivity contribution < 1.29 is 22.8 Å². The van der Waals surface area contributed by atoms with Crippen molar-refractivity contribution in [1.82, 2.24) is 9.38 Å². The van der Waals surface area contributed by atoms with Crippen LogP contribution >= 0.6 is 11.6 Å². The molecule has 164 valence electrons. The van der Waals surface area contributed by atoms with Crippen LogP contribution in [-0.4, -0.2) is 40.0 Å². The van der Waals surface area contributed by atoms with Crippen LogP contribution in [0, 0.1) is 0 Å². The summed E-state index contributed by atoms with van der Waals surface area (Å²) in [5.41, 5.74) is 3.81. The number of carbonyl (C=O) groups is 1. The van der Waals surface area contributed by atoms with E-state index >= 15 is 0 Å². The van der Waals surface area contributed by atoms with Gasteiger partial charge < -0.3 is 4.84 Å². The lowest BCUT2D eigenvalue weighted by molar-refractivity contribution is -0.143. The molecule has 0 amide bonds. The van der Waals surface area contributed by atoms with E-state index < -0.39 is 24.8 Å². The van der Waals surface area contributed by atoms with Crippen molar-refractivity contribution >= 4 is 29.2 Å². The Labute approximate surface area is 182 Å². The smallest absolute Gasteiger partial charge is 0.389 e. The molecule has 0 unspecified atom stereocenters. The summed E-state index contributed by atoms with van der Waals surface area (Å²) >= 11 is 5.58. The van der Waals surface area contributed by atoms with E-state index in [9.17, 15) is 18.0 Å². The summed E-state index contributed by atoms with van der Waals surface area (Å²) in [6.45, 7) is 0.449. The molecule has 0 atom stereocenters. The molecule has 0 aliphatic carbocycles. The van der Waals surface area contributed by atoms with Gasteiger partial charge in [-0.1, -0.05) is 23.4 Å². The molecule has 0 bridgehead atoms. The number of aromatic nitrogens is 2. The van der Waals surface area contributed by atoms with Crippen molar-refractivity contribution in [2.75, 3.05) is 12.5 Å². The monoisotopic (exact) mass is 451 g/mol. The fourth-order valence-corrected chi connectivity index (χ4v) is 3.11. The first-order valence-corrected chi connectivity index (χ1v) is 10.3. The van der Waals surface area contributed by atoms with Gasteiger partial charge in [-0.2, -0.15) is 13.2 Å². The molecular formula is C22H21ClF3N3O2. The van der Waals surface area contributed by atoms with Crippen LogP contribution in [-0.2, 0) is 16.1 Å². The highest BCUT2D eigenvalue weighted by Gasteiger charge is 2.27. The van der Waals surface area contributed by atoms with E-state index in [1.54, 1.807) is 30.6 Å². The zero-order chi connectivity index (χ0) is 22.3. The van der Waals surface area contributed by atoms with Gasteiger partial charge in [0.2, 0.25) is 0 Å². The number of oxime groups is 1. The molecule has 2 aromatic heterocycles. The van der Waals surface area contributed by atoms with E-state index in [1.165, 1.54) is 0 Å². The minimum atomic E-state index is -4.33. The Morgan fingerprint density at radius 1 is 1.26 bits per heavy atom. The lowest BCUT2D eigenvalue weighted by atomic mass is 10.0. The standard InChI is InChI=1S/C22H21ClF3N3O2/c23-8-2-10-31-28-14-17-6-9-29-20(15-27-21(29)13-17)18-4-1-3-16(11-18)12-19(30)5-7-22(24,25)26/h1,3-4,6,9,11,13-15H,2,5,7-8,10,12H2/b28-14-. The highest BCUT2D eigenvalue weighted by Crippen LogP contribution is 2.24. The Morgan fingerprint density at radius 2 is 2.10 bits per heavy atom. The number of hydrogen-bond acceptors (Lipinski definition) is 4. The maximum absolute atomic E-state index is 12.3. The summed E-state index contributed by atoms with van der Waals surface area (Å²) in [6.07, 6.45) is -0.106. The molecule has 0 radical (unpaired) electrons. The summed E-state index contributed by atoms with van der Waals surface area (Å²) in [5.74, 6) is 0.0751. The van der Waals surface area contributed by atoms with Crippen LogP contribution in [0.3, 0.4) is 0 Å². The lowest BCUT2D eigenvalue weighted by Crippen LogP contribution is -2.12. The molecule has 2 heterocycles. The van der Waals surface area contributed by atoms with Crippen LogP contribution in [0.2, 0.25) is 0 Å². The number of Topliss-reactive ketones (excluding diaryl/α,β-unsaturated/α-hetero) is 1. The van der Waals surface area contributed by atoms with Gasteiger partial charge >= 0.3 is 6.18 Å². The molecule has 0 aliphatic heterocycles. The zero-order valence-corrected chi connectivity index (χ0v) is 17.4. The SMILES string of the molecule is O=C(CCC(F)(F)F)Cc1cccc(-c2cnc3cc(/C=N\OCCCCl)ccn23)c1. The van der Waals surface area contributed by atoms with E-state index in [4.69, 9.17) is 16.4 Å².